The number of rotatable bonds is 46. The summed E-state index contributed by atoms with van der Waals surface area (Å²) in [5.74, 6) is -0.326. The summed E-state index contributed by atoms with van der Waals surface area (Å²) in [6, 6.07) is 0. The highest BCUT2D eigenvalue weighted by Gasteiger charge is 2.20. The lowest BCUT2D eigenvalue weighted by Gasteiger charge is -2.28. The Morgan fingerprint density at radius 2 is 0.821 bits per heavy atom. The first-order valence-corrected chi connectivity index (χ1v) is 25.7. The van der Waals surface area contributed by atoms with Crippen LogP contribution in [-0.4, -0.2) is 70.7 Å². The molecule has 0 aromatic heterocycles. The topological polar surface area (TPSA) is 94.1 Å². The number of esters is 1. The molecule has 2 atom stereocenters. The van der Waals surface area contributed by atoms with Gasteiger partial charge in [-0.2, -0.15) is 0 Å². The van der Waals surface area contributed by atoms with Gasteiger partial charge in [0.15, 0.2) is 0 Å². The van der Waals surface area contributed by atoms with Crippen molar-refractivity contribution in [2.24, 2.45) is 0 Å². The summed E-state index contributed by atoms with van der Waals surface area (Å²) in [4.78, 5) is 25.1. The van der Waals surface area contributed by atoms with Gasteiger partial charge in [-0.25, -0.2) is 0 Å². The number of quaternary nitrogens is 1. The molecule has 0 amide bonds. The van der Waals surface area contributed by atoms with Gasteiger partial charge in [0, 0.05) is 13.0 Å². The number of carbonyl (C=O) groups is 1. The molecule has 0 aromatic rings. The van der Waals surface area contributed by atoms with E-state index in [0.29, 0.717) is 24.1 Å². The van der Waals surface area contributed by atoms with E-state index in [0.717, 1.165) is 32.1 Å². The molecular weight excluding hydrogens is 721 g/mol. The second-order valence-corrected chi connectivity index (χ2v) is 19.3. The zero-order valence-corrected chi connectivity index (χ0v) is 39.0. The molecule has 9 heteroatoms. The molecule has 0 aromatic carbocycles. The van der Waals surface area contributed by atoms with E-state index in [1.54, 1.807) is 0 Å². The van der Waals surface area contributed by atoms with Gasteiger partial charge in [0.25, 0.3) is 7.82 Å². The fraction of sp³-hybridized carbons (Fsp3) is 0.979. The highest BCUT2D eigenvalue weighted by atomic mass is 31.2. The first-order chi connectivity index (χ1) is 27.1. The van der Waals surface area contributed by atoms with Crippen molar-refractivity contribution in [3.05, 3.63) is 0 Å². The van der Waals surface area contributed by atoms with Crippen LogP contribution in [0, 0.1) is 0 Å². The second kappa shape index (κ2) is 41.2. The van der Waals surface area contributed by atoms with Gasteiger partial charge in [0.1, 0.15) is 19.3 Å². The van der Waals surface area contributed by atoms with E-state index in [1.165, 1.54) is 186 Å². The number of phosphoric acid groups is 1. The van der Waals surface area contributed by atoms with E-state index >= 15 is 0 Å². The Morgan fingerprint density at radius 1 is 0.482 bits per heavy atom. The van der Waals surface area contributed by atoms with Crippen LogP contribution in [0.3, 0.4) is 0 Å². The van der Waals surface area contributed by atoms with Gasteiger partial charge in [-0.05, 0) is 12.8 Å². The summed E-state index contributed by atoms with van der Waals surface area (Å²) in [7, 11) is 1.38. The van der Waals surface area contributed by atoms with Crippen LogP contribution < -0.4 is 4.89 Å². The van der Waals surface area contributed by atoms with Crippen molar-refractivity contribution in [3.63, 3.8) is 0 Å². The van der Waals surface area contributed by atoms with Crippen molar-refractivity contribution >= 4 is 13.8 Å². The van der Waals surface area contributed by atoms with Gasteiger partial charge in [-0.15, -0.1) is 0 Å². The minimum atomic E-state index is -4.52. The average Bonchev–Trinajstić information content (AvgIpc) is 3.15. The van der Waals surface area contributed by atoms with Gasteiger partial charge in [-0.1, -0.05) is 219 Å². The highest BCUT2D eigenvalue weighted by Crippen LogP contribution is 2.38. The SMILES string of the molecule is CCCCCCCCCCCCCCCCCCCCCC(=O)OC(COCCCCCCCCCCCCCCCCC)COP(=O)([O-])OCC[N+](C)(C)C. The fourth-order valence-electron chi connectivity index (χ4n) is 7.14. The Labute approximate surface area is 348 Å². The van der Waals surface area contributed by atoms with Crippen LogP contribution in [0.4, 0.5) is 0 Å². The zero-order chi connectivity index (χ0) is 41.3. The van der Waals surface area contributed by atoms with Crippen molar-refractivity contribution in [1.29, 1.82) is 0 Å². The van der Waals surface area contributed by atoms with Crippen molar-refractivity contribution in [2.45, 2.75) is 245 Å². The van der Waals surface area contributed by atoms with E-state index in [4.69, 9.17) is 18.5 Å². The Hall–Kier alpha value is -0.500. The van der Waals surface area contributed by atoms with Crippen LogP contribution in [0.5, 0.6) is 0 Å². The summed E-state index contributed by atoms with van der Waals surface area (Å²) in [6.45, 7) is 5.48. The molecule has 0 radical (unpaired) electrons. The molecule has 0 aliphatic rings. The fourth-order valence-corrected chi connectivity index (χ4v) is 7.87. The van der Waals surface area contributed by atoms with Crippen molar-refractivity contribution in [1.82, 2.24) is 0 Å². The van der Waals surface area contributed by atoms with Crippen molar-refractivity contribution < 1.29 is 37.3 Å². The molecule has 2 unspecified atom stereocenters. The third-order valence-corrected chi connectivity index (χ3v) is 11.9. The molecule has 0 aliphatic heterocycles. The molecule has 0 heterocycles. The number of hydrogen-bond acceptors (Lipinski definition) is 7. The van der Waals surface area contributed by atoms with Crippen LogP contribution in [0.2, 0.25) is 0 Å². The lowest BCUT2D eigenvalue weighted by Crippen LogP contribution is -2.37. The van der Waals surface area contributed by atoms with E-state index in [2.05, 4.69) is 13.8 Å². The Bertz CT molecular complexity index is 868. The predicted octanol–water partition coefficient (Wildman–Crippen LogP) is 13.8. The molecule has 0 aliphatic carbocycles. The maximum atomic E-state index is 12.7. The summed E-state index contributed by atoms with van der Waals surface area (Å²) in [5.41, 5.74) is 0. The van der Waals surface area contributed by atoms with Gasteiger partial charge in [0.2, 0.25) is 0 Å². The van der Waals surface area contributed by atoms with Crippen molar-refractivity contribution in [3.8, 4) is 0 Å². The predicted molar refractivity (Wildman–Crippen MR) is 236 cm³/mol. The number of phosphoric ester groups is 1. The molecule has 0 N–H and O–H groups in total. The molecule has 336 valence electrons. The summed E-state index contributed by atoms with van der Waals surface area (Å²) < 4.78 is 34.7. The first kappa shape index (κ1) is 55.5. The van der Waals surface area contributed by atoms with E-state index in [1.807, 2.05) is 21.1 Å². The number of likely N-dealkylation sites (N-methyl/N-ethyl adjacent to an activating group) is 1. The largest absolute Gasteiger partial charge is 0.756 e. The first-order valence-electron chi connectivity index (χ1n) is 24.3. The zero-order valence-electron chi connectivity index (χ0n) is 38.1. The van der Waals surface area contributed by atoms with Crippen molar-refractivity contribution in [2.75, 3.05) is 54.1 Å². The monoisotopic (exact) mass is 818 g/mol. The molecule has 0 bridgehead atoms. The molecule has 0 saturated carbocycles. The standard InChI is InChI=1S/C47H96NO7P/c1-6-8-10-12-14-16-18-20-22-23-24-25-26-28-30-32-34-36-38-40-47(49)55-46(45-54-56(50,51)53-43-41-48(3,4)5)44-52-42-39-37-35-33-31-29-27-21-19-17-15-13-11-9-7-2/h46H,6-45H2,1-5H3. The van der Waals surface area contributed by atoms with Gasteiger partial charge < -0.3 is 27.9 Å². The maximum absolute atomic E-state index is 12.7. The molecule has 0 fully saturated rings. The van der Waals surface area contributed by atoms with Crippen LogP contribution in [-0.2, 0) is 27.9 Å². The summed E-state index contributed by atoms with van der Waals surface area (Å²) >= 11 is 0. The minimum absolute atomic E-state index is 0.0316. The lowest BCUT2D eigenvalue weighted by molar-refractivity contribution is -0.870. The third kappa shape index (κ3) is 44.6. The van der Waals surface area contributed by atoms with Gasteiger partial charge in [-0.3, -0.25) is 9.36 Å². The average molecular weight is 818 g/mol. The smallest absolute Gasteiger partial charge is 0.306 e. The molecule has 0 rings (SSSR count). The van der Waals surface area contributed by atoms with Crippen LogP contribution >= 0.6 is 7.82 Å². The van der Waals surface area contributed by atoms with Gasteiger partial charge >= 0.3 is 5.97 Å². The minimum Gasteiger partial charge on any atom is -0.756 e. The Balaban J connectivity index is 4.12. The molecule has 0 spiro atoms. The molecular formula is C47H96NO7P. The molecule has 0 saturated heterocycles. The number of nitrogens with zero attached hydrogens (tertiary/aromatic N) is 1. The quantitative estimate of drug-likeness (QED) is 0.0261. The highest BCUT2D eigenvalue weighted by molar-refractivity contribution is 7.45. The summed E-state index contributed by atoms with van der Waals surface area (Å²) in [5, 5.41) is 0. The number of carbonyl (C=O) groups excluding carboxylic acids is 1. The van der Waals surface area contributed by atoms with E-state index in [9.17, 15) is 14.3 Å². The summed E-state index contributed by atoms with van der Waals surface area (Å²) in [6.07, 6.45) is 44.0. The Morgan fingerprint density at radius 3 is 1.18 bits per heavy atom. The molecule has 56 heavy (non-hydrogen) atoms. The van der Waals surface area contributed by atoms with E-state index in [-0.39, 0.29) is 25.8 Å². The third-order valence-electron chi connectivity index (χ3n) is 10.9. The van der Waals surface area contributed by atoms with Gasteiger partial charge in [0.05, 0.1) is 34.4 Å². The lowest BCUT2D eigenvalue weighted by atomic mass is 10.0. The Kier molecular flexibility index (Phi) is 40.9. The maximum Gasteiger partial charge on any atom is 0.306 e. The van der Waals surface area contributed by atoms with Crippen LogP contribution in [0.15, 0.2) is 0 Å². The normalized spacial score (nSPS) is 13.6. The number of ether oxygens (including phenoxy) is 2. The number of hydrogen-bond donors (Lipinski definition) is 0. The van der Waals surface area contributed by atoms with Crippen LogP contribution in [0.25, 0.3) is 0 Å². The molecule has 8 nitrogen and oxygen atoms in total. The number of unbranched alkanes of at least 4 members (excludes halogenated alkanes) is 32. The second-order valence-electron chi connectivity index (χ2n) is 17.8. The van der Waals surface area contributed by atoms with Crippen LogP contribution in [0.1, 0.15) is 239 Å². The van der Waals surface area contributed by atoms with E-state index < -0.39 is 13.9 Å².